The first kappa shape index (κ1) is 25.7. The van der Waals surface area contributed by atoms with Crippen molar-refractivity contribution in [2.75, 3.05) is 26.9 Å². The van der Waals surface area contributed by atoms with Crippen LogP contribution in [-0.2, 0) is 25.4 Å². The molecule has 0 saturated carbocycles. The van der Waals surface area contributed by atoms with E-state index in [4.69, 9.17) is 4.99 Å². The zero-order valence-corrected chi connectivity index (χ0v) is 20.8. The van der Waals surface area contributed by atoms with Gasteiger partial charge in [0.1, 0.15) is 5.82 Å². The number of benzene rings is 2. The molecule has 0 aliphatic rings. The molecule has 2 N–H and O–H groups in total. The maximum Gasteiger partial charge on any atom is 0.191 e. The monoisotopic (exact) mass is 530 g/mol. The van der Waals surface area contributed by atoms with E-state index in [-0.39, 0.29) is 29.8 Å². The smallest absolute Gasteiger partial charge is 0.191 e. The van der Waals surface area contributed by atoms with Crippen molar-refractivity contribution in [1.29, 1.82) is 0 Å². The van der Waals surface area contributed by atoms with Crippen molar-refractivity contribution in [2.24, 2.45) is 4.99 Å². The predicted molar refractivity (Wildman–Crippen MR) is 135 cm³/mol. The van der Waals surface area contributed by atoms with Gasteiger partial charge >= 0.3 is 0 Å². The van der Waals surface area contributed by atoms with Gasteiger partial charge in [0.15, 0.2) is 5.96 Å². The van der Waals surface area contributed by atoms with Crippen molar-refractivity contribution >= 4 is 41.7 Å². The van der Waals surface area contributed by atoms with Crippen LogP contribution in [0.15, 0.2) is 47.5 Å². The molecular formula is C22H32FIN4S. The fraction of sp³-hybridized carbons (Fsp3) is 0.409. The van der Waals surface area contributed by atoms with Crippen LogP contribution in [0.3, 0.4) is 0 Å². The topological polar surface area (TPSA) is 39.7 Å². The molecule has 0 amide bonds. The molecular weight excluding hydrogens is 498 g/mol. The Morgan fingerprint density at radius 1 is 1.03 bits per heavy atom. The summed E-state index contributed by atoms with van der Waals surface area (Å²) in [6.45, 7) is 4.95. The highest BCUT2D eigenvalue weighted by Gasteiger charge is 2.07. The molecule has 0 heterocycles. The minimum Gasteiger partial charge on any atom is -0.357 e. The van der Waals surface area contributed by atoms with Crippen LogP contribution < -0.4 is 10.6 Å². The first-order valence-corrected chi connectivity index (χ1v) is 10.9. The molecule has 0 atom stereocenters. The number of hydrogen-bond acceptors (Lipinski definition) is 3. The number of hydrogen-bond donors (Lipinski definition) is 2. The van der Waals surface area contributed by atoms with E-state index in [9.17, 15) is 4.39 Å². The van der Waals surface area contributed by atoms with Crippen LogP contribution in [0.1, 0.15) is 29.2 Å². The van der Waals surface area contributed by atoms with Gasteiger partial charge in [-0.05, 0) is 61.7 Å². The Labute approximate surface area is 195 Å². The Kier molecular flexibility index (Phi) is 12.3. The minimum absolute atomic E-state index is 0. The summed E-state index contributed by atoms with van der Waals surface area (Å²) in [4.78, 5) is 6.92. The summed E-state index contributed by atoms with van der Waals surface area (Å²) in [6, 6.07) is 13.4. The Bertz CT molecular complexity index is 783. The number of nitrogens with one attached hydrogen (secondary N) is 2. The molecule has 2 aromatic rings. The van der Waals surface area contributed by atoms with E-state index >= 15 is 0 Å². The molecule has 0 radical (unpaired) electrons. The van der Waals surface area contributed by atoms with Crippen molar-refractivity contribution < 1.29 is 4.39 Å². The molecule has 29 heavy (non-hydrogen) atoms. The van der Waals surface area contributed by atoms with Crippen LogP contribution in [-0.4, -0.2) is 37.8 Å². The number of guanidine groups is 1. The predicted octanol–water partition coefficient (Wildman–Crippen LogP) is 4.62. The van der Waals surface area contributed by atoms with Crippen LogP contribution in [0.4, 0.5) is 4.39 Å². The van der Waals surface area contributed by atoms with Gasteiger partial charge in [0.2, 0.25) is 0 Å². The standard InChI is InChI=1S/C22H31FN4S.HI/c1-5-24-22(25-13-17-8-6-7-9-19(17)15-27(2)3)26-14-18-10-11-21(23)12-20(18)16-28-4;/h6-12H,5,13-16H2,1-4H3,(H2,24,25,26);1H. The SMILES string of the molecule is CCNC(=NCc1ccccc1CN(C)C)NCc1ccc(F)cc1CSC.I. The van der Waals surface area contributed by atoms with E-state index in [0.717, 1.165) is 35.9 Å². The van der Waals surface area contributed by atoms with E-state index in [0.29, 0.717) is 13.1 Å². The second-order valence-corrected chi connectivity index (χ2v) is 7.77. The molecule has 0 saturated heterocycles. The lowest BCUT2D eigenvalue weighted by Crippen LogP contribution is -2.37. The second kappa shape index (κ2) is 13.8. The molecule has 0 aromatic heterocycles. The molecule has 2 aromatic carbocycles. The quantitative estimate of drug-likeness (QED) is 0.282. The third kappa shape index (κ3) is 8.92. The van der Waals surface area contributed by atoms with Crippen molar-refractivity contribution in [3.05, 3.63) is 70.5 Å². The lowest BCUT2D eigenvalue weighted by Gasteiger charge is -2.15. The molecule has 0 spiro atoms. The van der Waals surface area contributed by atoms with Crippen molar-refractivity contribution in [2.45, 2.75) is 32.3 Å². The van der Waals surface area contributed by atoms with Crippen LogP contribution in [0.2, 0.25) is 0 Å². The van der Waals surface area contributed by atoms with Gasteiger partial charge in [-0.3, -0.25) is 0 Å². The van der Waals surface area contributed by atoms with Crippen molar-refractivity contribution in [1.82, 2.24) is 15.5 Å². The summed E-state index contributed by atoms with van der Waals surface area (Å²) in [5.74, 6) is 1.37. The molecule has 4 nitrogen and oxygen atoms in total. The van der Waals surface area contributed by atoms with E-state index in [1.807, 2.05) is 19.2 Å². The molecule has 2 rings (SSSR count). The number of nitrogens with zero attached hydrogens (tertiary/aromatic N) is 2. The molecule has 160 valence electrons. The van der Waals surface area contributed by atoms with Crippen LogP contribution in [0.5, 0.6) is 0 Å². The Morgan fingerprint density at radius 3 is 2.41 bits per heavy atom. The van der Waals surface area contributed by atoms with Gasteiger partial charge in [-0.1, -0.05) is 30.3 Å². The lowest BCUT2D eigenvalue weighted by molar-refractivity contribution is 0.401. The Hall–Kier alpha value is -1.32. The molecule has 0 aliphatic heterocycles. The van der Waals surface area contributed by atoms with Crippen molar-refractivity contribution in [3.8, 4) is 0 Å². The average Bonchev–Trinajstić information content (AvgIpc) is 2.66. The van der Waals surface area contributed by atoms with Crippen LogP contribution in [0, 0.1) is 5.82 Å². The van der Waals surface area contributed by atoms with E-state index < -0.39 is 0 Å². The molecule has 0 unspecified atom stereocenters. The van der Waals surface area contributed by atoms with E-state index in [2.05, 4.69) is 53.9 Å². The fourth-order valence-corrected chi connectivity index (χ4v) is 3.53. The number of rotatable bonds is 9. The van der Waals surface area contributed by atoms with Gasteiger partial charge < -0.3 is 15.5 Å². The Morgan fingerprint density at radius 2 is 1.76 bits per heavy atom. The van der Waals surface area contributed by atoms with Crippen LogP contribution in [0.25, 0.3) is 0 Å². The van der Waals surface area contributed by atoms with Gasteiger partial charge in [-0.15, -0.1) is 24.0 Å². The zero-order valence-electron chi connectivity index (χ0n) is 17.7. The summed E-state index contributed by atoms with van der Waals surface area (Å²) in [6.07, 6.45) is 2.03. The summed E-state index contributed by atoms with van der Waals surface area (Å²) < 4.78 is 13.6. The summed E-state index contributed by atoms with van der Waals surface area (Å²) >= 11 is 1.69. The van der Waals surface area contributed by atoms with E-state index in [1.54, 1.807) is 17.8 Å². The molecule has 0 aliphatic carbocycles. The maximum absolute atomic E-state index is 13.6. The maximum atomic E-state index is 13.6. The summed E-state index contributed by atoms with van der Waals surface area (Å²) in [5, 5.41) is 6.68. The third-order valence-corrected chi connectivity index (χ3v) is 4.87. The number of halogens is 2. The number of thioether (sulfide) groups is 1. The molecule has 0 fully saturated rings. The molecule has 0 bridgehead atoms. The first-order valence-electron chi connectivity index (χ1n) is 9.53. The number of aliphatic imine (C=N–C) groups is 1. The third-order valence-electron chi connectivity index (χ3n) is 4.27. The zero-order chi connectivity index (χ0) is 20.4. The highest BCUT2D eigenvalue weighted by molar-refractivity contribution is 14.0. The van der Waals surface area contributed by atoms with Gasteiger partial charge in [-0.25, -0.2) is 9.38 Å². The van der Waals surface area contributed by atoms with Gasteiger partial charge in [-0.2, -0.15) is 11.8 Å². The normalized spacial score (nSPS) is 11.3. The second-order valence-electron chi connectivity index (χ2n) is 6.90. The summed E-state index contributed by atoms with van der Waals surface area (Å²) in [5.41, 5.74) is 4.62. The lowest BCUT2D eigenvalue weighted by atomic mass is 10.1. The largest absolute Gasteiger partial charge is 0.357 e. The van der Waals surface area contributed by atoms with Gasteiger partial charge in [0.05, 0.1) is 6.54 Å². The Balaban J connectivity index is 0.00000420. The molecule has 7 heteroatoms. The average molecular weight is 530 g/mol. The highest BCUT2D eigenvalue weighted by Crippen LogP contribution is 2.17. The minimum atomic E-state index is -0.189. The van der Waals surface area contributed by atoms with Crippen LogP contribution >= 0.6 is 35.7 Å². The van der Waals surface area contributed by atoms with E-state index in [1.165, 1.54) is 17.2 Å². The van der Waals surface area contributed by atoms with Crippen molar-refractivity contribution in [3.63, 3.8) is 0 Å². The summed E-state index contributed by atoms with van der Waals surface area (Å²) in [7, 11) is 4.14. The highest BCUT2D eigenvalue weighted by atomic mass is 127. The first-order chi connectivity index (χ1) is 13.5. The van der Waals surface area contributed by atoms with Gasteiger partial charge in [0, 0.05) is 25.4 Å². The van der Waals surface area contributed by atoms with Gasteiger partial charge in [0.25, 0.3) is 0 Å². The fourth-order valence-electron chi connectivity index (χ4n) is 2.95.